The summed E-state index contributed by atoms with van der Waals surface area (Å²) in [6.07, 6.45) is 0. The predicted molar refractivity (Wildman–Crippen MR) is 45.5 cm³/mol. The first-order chi connectivity index (χ1) is 4.84. The maximum atomic E-state index is 3.96. The largest absolute Gasteiger partial charge is 0.371 e. The Bertz CT molecular complexity index is 173. The minimum absolute atomic E-state index is 0.884. The standard InChI is InChI=1S/C4H7N3S.C2H6/c1-3-4(5-2)7-8-6-3;1-2/h1-2H3,(H,5,7);1-2H3. The molecule has 3 nitrogen and oxygen atoms in total. The third-order valence-electron chi connectivity index (χ3n) is 0.889. The van der Waals surface area contributed by atoms with Crippen LogP contribution < -0.4 is 5.32 Å². The maximum Gasteiger partial charge on any atom is 0.162 e. The van der Waals surface area contributed by atoms with Gasteiger partial charge in [-0.05, 0) is 6.92 Å². The molecule has 0 saturated carbocycles. The van der Waals surface area contributed by atoms with Crippen molar-refractivity contribution in [2.45, 2.75) is 20.8 Å². The average molecular weight is 159 g/mol. The van der Waals surface area contributed by atoms with Gasteiger partial charge in [0.1, 0.15) is 0 Å². The van der Waals surface area contributed by atoms with E-state index in [-0.39, 0.29) is 0 Å². The van der Waals surface area contributed by atoms with E-state index in [4.69, 9.17) is 0 Å². The molecule has 0 saturated heterocycles. The highest BCUT2D eigenvalue weighted by Gasteiger charge is 1.95. The molecule has 4 heteroatoms. The number of rotatable bonds is 1. The van der Waals surface area contributed by atoms with Crippen LogP contribution in [0.1, 0.15) is 19.5 Å². The molecule has 0 spiro atoms. The highest BCUT2D eigenvalue weighted by molar-refractivity contribution is 6.99. The van der Waals surface area contributed by atoms with Gasteiger partial charge in [-0.25, -0.2) is 0 Å². The van der Waals surface area contributed by atoms with Gasteiger partial charge in [-0.1, -0.05) is 13.8 Å². The van der Waals surface area contributed by atoms with Crippen LogP contribution in [0.15, 0.2) is 0 Å². The minimum atomic E-state index is 0.884. The molecule has 0 bridgehead atoms. The molecule has 1 N–H and O–H groups in total. The summed E-state index contributed by atoms with van der Waals surface area (Å²) in [7, 11) is 1.84. The van der Waals surface area contributed by atoms with Crippen LogP contribution >= 0.6 is 11.7 Å². The van der Waals surface area contributed by atoms with Gasteiger partial charge >= 0.3 is 0 Å². The summed E-state index contributed by atoms with van der Waals surface area (Å²) >= 11 is 1.23. The molecular formula is C6H13N3S. The third-order valence-corrected chi connectivity index (χ3v) is 1.51. The Balaban J connectivity index is 0.000000371. The first-order valence-electron chi connectivity index (χ1n) is 3.31. The van der Waals surface area contributed by atoms with E-state index in [0.29, 0.717) is 0 Å². The van der Waals surface area contributed by atoms with Gasteiger partial charge in [-0.15, -0.1) is 0 Å². The second-order valence-corrected chi connectivity index (χ2v) is 1.98. The molecule has 0 aliphatic heterocycles. The monoisotopic (exact) mass is 159 g/mol. The van der Waals surface area contributed by atoms with E-state index in [1.165, 1.54) is 11.7 Å². The van der Waals surface area contributed by atoms with Crippen LogP contribution in [0, 0.1) is 6.92 Å². The molecule has 10 heavy (non-hydrogen) atoms. The maximum absolute atomic E-state index is 3.96. The second kappa shape index (κ2) is 5.17. The number of aromatic nitrogens is 2. The summed E-state index contributed by atoms with van der Waals surface area (Å²) in [6.45, 7) is 5.93. The molecule has 0 aliphatic rings. The van der Waals surface area contributed by atoms with Crippen molar-refractivity contribution in [3.8, 4) is 0 Å². The van der Waals surface area contributed by atoms with Gasteiger partial charge in [-0.2, -0.15) is 8.75 Å². The number of nitrogens with zero attached hydrogens (tertiary/aromatic N) is 2. The summed E-state index contributed by atoms with van der Waals surface area (Å²) in [5, 5.41) is 2.91. The Hall–Kier alpha value is -0.640. The summed E-state index contributed by atoms with van der Waals surface area (Å²) in [5.74, 6) is 0.884. The smallest absolute Gasteiger partial charge is 0.162 e. The van der Waals surface area contributed by atoms with Gasteiger partial charge in [0, 0.05) is 7.05 Å². The van der Waals surface area contributed by atoms with Gasteiger partial charge in [0.25, 0.3) is 0 Å². The van der Waals surface area contributed by atoms with Crippen LogP contribution in [0.2, 0.25) is 0 Å². The zero-order chi connectivity index (χ0) is 7.98. The summed E-state index contributed by atoms with van der Waals surface area (Å²) in [5.41, 5.74) is 0.970. The topological polar surface area (TPSA) is 37.8 Å². The molecule has 0 amide bonds. The molecule has 0 fully saturated rings. The molecule has 0 unspecified atom stereocenters. The summed E-state index contributed by atoms with van der Waals surface area (Å²) in [6, 6.07) is 0. The summed E-state index contributed by atoms with van der Waals surface area (Å²) < 4.78 is 7.91. The molecule has 0 atom stereocenters. The molecule has 0 aromatic carbocycles. The van der Waals surface area contributed by atoms with Crippen LogP contribution in [0.5, 0.6) is 0 Å². The van der Waals surface area contributed by atoms with Crippen LogP contribution in [0.25, 0.3) is 0 Å². The quantitative estimate of drug-likeness (QED) is 0.680. The third kappa shape index (κ3) is 2.31. The van der Waals surface area contributed by atoms with Crippen molar-refractivity contribution in [2.75, 3.05) is 12.4 Å². The van der Waals surface area contributed by atoms with Crippen molar-refractivity contribution in [3.63, 3.8) is 0 Å². The van der Waals surface area contributed by atoms with E-state index < -0.39 is 0 Å². The second-order valence-electron chi connectivity index (χ2n) is 1.45. The Morgan fingerprint density at radius 1 is 1.30 bits per heavy atom. The Morgan fingerprint density at radius 2 is 1.90 bits per heavy atom. The fourth-order valence-electron chi connectivity index (χ4n) is 0.458. The average Bonchev–Trinajstić information content (AvgIpc) is 2.39. The SMILES string of the molecule is CC.CNc1nsnc1C. The van der Waals surface area contributed by atoms with E-state index in [1.54, 1.807) is 0 Å². The number of anilines is 1. The lowest BCUT2D eigenvalue weighted by molar-refractivity contribution is 1.29. The Morgan fingerprint density at radius 3 is 2.10 bits per heavy atom. The van der Waals surface area contributed by atoms with Crippen molar-refractivity contribution in [1.82, 2.24) is 8.75 Å². The molecular weight excluding hydrogens is 146 g/mol. The fourth-order valence-corrected chi connectivity index (χ4v) is 1.01. The normalized spacial score (nSPS) is 8.00. The zero-order valence-corrected chi connectivity index (χ0v) is 7.62. The lowest BCUT2D eigenvalue weighted by Crippen LogP contribution is -1.88. The molecule has 0 aliphatic carbocycles. The van der Waals surface area contributed by atoms with E-state index in [0.717, 1.165) is 11.5 Å². The first kappa shape index (κ1) is 9.36. The van der Waals surface area contributed by atoms with E-state index >= 15 is 0 Å². The van der Waals surface area contributed by atoms with Gasteiger partial charge in [0.05, 0.1) is 17.4 Å². The van der Waals surface area contributed by atoms with Gasteiger partial charge in [0.2, 0.25) is 0 Å². The predicted octanol–water partition coefficient (Wildman–Crippen LogP) is 1.91. The molecule has 1 aromatic heterocycles. The van der Waals surface area contributed by atoms with Crippen molar-refractivity contribution in [1.29, 1.82) is 0 Å². The van der Waals surface area contributed by atoms with Crippen LogP contribution in [-0.2, 0) is 0 Å². The van der Waals surface area contributed by atoms with Crippen molar-refractivity contribution in [2.24, 2.45) is 0 Å². The van der Waals surface area contributed by atoms with Crippen LogP contribution in [0.4, 0.5) is 5.82 Å². The van der Waals surface area contributed by atoms with Crippen molar-refractivity contribution >= 4 is 17.5 Å². The fraction of sp³-hybridized carbons (Fsp3) is 0.667. The Labute approximate surface area is 65.8 Å². The molecule has 1 rings (SSSR count). The lowest BCUT2D eigenvalue weighted by Gasteiger charge is -1.88. The van der Waals surface area contributed by atoms with Crippen molar-refractivity contribution in [3.05, 3.63) is 5.69 Å². The number of nitrogens with one attached hydrogen (secondary N) is 1. The van der Waals surface area contributed by atoms with Gasteiger partial charge < -0.3 is 5.32 Å². The first-order valence-corrected chi connectivity index (χ1v) is 4.04. The van der Waals surface area contributed by atoms with E-state index in [9.17, 15) is 0 Å². The number of hydrogen-bond donors (Lipinski definition) is 1. The Kier molecular flexibility index (Phi) is 4.84. The zero-order valence-electron chi connectivity index (χ0n) is 6.80. The number of hydrogen-bond acceptors (Lipinski definition) is 4. The number of aryl methyl sites for hydroxylation is 1. The highest BCUT2D eigenvalue weighted by Crippen LogP contribution is 2.07. The van der Waals surface area contributed by atoms with Crippen molar-refractivity contribution < 1.29 is 0 Å². The molecule has 1 heterocycles. The minimum Gasteiger partial charge on any atom is -0.371 e. The molecule has 0 radical (unpaired) electrons. The molecule has 1 aromatic rings. The van der Waals surface area contributed by atoms with Crippen LogP contribution in [-0.4, -0.2) is 15.8 Å². The van der Waals surface area contributed by atoms with Gasteiger partial charge in [0.15, 0.2) is 5.82 Å². The van der Waals surface area contributed by atoms with Gasteiger partial charge in [-0.3, -0.25) is 0 Å². The summed E-state index contributed by atoms with van der Waals surface area (Å²) in [4.78, 5) is 0. The van der Waals surface area contributed by atoms with E-state index in [2.05, 4.69) is 14.1 Å². The molecule has 58 valence electrons. The van der Waals surface area contributed by atoms with Crippen LogP contribution in [0.3, 0.4) is 0 Å². The lowest BCUT2D eigenvalue weighted by atomic mass is 10.5. The highest BCUT2D eigenvalue weighted by atomic mass is 32.1. The van der Waals surface area contributed by atoms with E-state index in [1.807, 2.05) is 27.8 Å².